The van der Waals surface area contributed by atoms with Crippen molar-refractivity contribution < 1.29 is 5.48 Å². The molecule has 0 atom stereocenters. The summed E-state index contributed by atoms with van der Waals surface area (Å²) in [5.74, 6) is 0.856. The number of hydroxylamine groups is 1. The lowest BCUT2D eigenvalue weighted by atomic mass is 10.4. The molecule has 0 unspecified atom stereocenters. The minimum Gasteiger partial charge on any atom is -0.631 e. The average molecular weight is 195 g/mol. The lowest BCUT2D eigenvalue weighted by Gasteiger charge is -2.00. The normalized spacial score (nSPS) is 11.7. The van der Waals surface area contributed by atoms with Gasteiger partial charge < -0.3 is 10.7 Å². The molecule has 0 amide bonds. The van der Waals surface area contributed by atoms with Gasteiger partial charge in [-0.3, -0.25) is 0 Å². The van der Waals surface area contributed by atoms with Crippen LogP contribution in [0, 0.1) is 5.21 Å². The molecular weight excluding hydrogens is 182 g/mol. The van der Waals surface area contributed by atoms with Crippen molar-refractivity contribution in [1.82, 2.24) is 0 Å². The van der Waals surface area contributed by atoms with Crippen LogP contribution in [0.5, 0.6) is 0 Å². The van der Waals surface area contributed by atoms with Gasteiger partial charge in [0.15, 0.2) is 0 Å². The van der Waals surface area contributed by atoms with E-state index in [2.05, 4.69) is 12.1 Å². The molecule has 0 radical (unpaired) electrons. The Morgan fingerprint density at radius 1 is 1.46 bits per heavy atom. The first-order valence-corrected chi connectivity index (χ1v) is 5.11. The summed E-state index contributed by atoms with van der Waals surface area (Å²) in [6.07, 6.45) is 1.94. The van der Waals surface area contributed by atoms with Gasteiger partial charge in [0.25, 0.3) is 0 Å². The van der Waals surface area contributed by atoms with E-state index < -0.39 is 0 Å². The molecule has 2 nitrogen and oxygen atoms in total. The van der Waals surface area contributed by atoms with E-state index in [4.69, 9.17) is 0 Å². The number of hydrogen-bond acceptors (Lipinski definition) is 2. The van der Waals surface area contributed by atoms with Crippen LogP contribution >= 0.6 is 11.8 Å². The second-order valence-electron chi connectivity index (χ2n) is 2.69. The monoisotopic (exact) mass is 195 g/mol. The van der Waals surface area contributed by atoms with E-state index in [0.717, 1.165) is 16.9 Å². The Hall–Kier alpha value is -0.770. The zero-order valence-corrected chi connectivity index (χ0v) is 8.38. The molecule has 1 aromatic rings. The van der Waals surface area contributed by atoms with Crippen molar-refractivity contribution in [3.05, 3.63) is 47.3 Å². The summed E-state index contributed by atoms with van der Waals surface area (Å²) in [5, 5.41) is 10.3. The molecule has 0 aromatic heterocycles. The molecule has 0 bridgehead atoms. The topological polar surface area (TPSA) is 39.7 Å². The first-order chi connectivity index (χ1) is 6.33. The standard InChI is InChI=1S/C10H13NOS/c1-9(11-12)7-8-13-10-5-3-2-4-6-10/h2-7H,8,11H2,1H3. The number of allylic oxidation sites excluding steroid dienone is 1. The molecule has 0 heterocycles. The van der Waals surface area contributed by atoms with Crippen LogP contribution in [-0.2, 0) is 0 Å². The van der Waals surface area contributed by atoms with Crippen LogP contribution in [-0.4, -0.2) is 5.75 Å². The molecule has 0 aliphatic heterocycles. The summed E-state index contributed by atoms with van der Waals surface area (Å²) in [6.45, 7) is 1.82. The molecule has 1 aromatic carbocycles. The molecule has 0 aliphatic carbocycles. The SMILES string of the molecule is CC(=CCSc1ccccc1)[NH2+][O-]. The molecule has 2 N–H and O–H groups in total. The molecule has 0 spiro atoms. The van der Waals surface area contributed by atoms with Crippen molar-refractivity contribution in [1.29, 1.82) is 0 Å². The van der Waals surface area contributed by atoms with Crippen molar-refractivity contribution in [2.24, 2.45) is 0 Å². The van der Waals surface area contributed by atoms with E-state index >= 15 is 0 Å². The smallest absolute Gasteiger partial charge is 0.0991 e. The van der Waals surface area contributed by atoms with Gasteiger partial charge in [-0.2, -0.15) is 0 Å². The Bertz CT molecular complexity index is 272. The summed E-state index contributed by atoms with van der Waals surface area (Å²) < 4.78 is 0. The average Bonchev–Trinajstić information content (AvgIpc) is 2.19. The van der Waals surface area contributed by atoms with E-state index in [9.17, 15) is 5.21 Å². The predicted octanol–water partition coefficient (Wildman–Crippen LogP) is 1.74. The second kappa shape index (κ2) is 5.80. The highest BCUT2D eigenvalue weighted by molar-refractivity contribution is 7.99. The van der Waals surface area contributed by atoms with Gasteiger partial charge in [-0.15, -0.1) is 11.8 Å². The maximum Gasteiger partial charge on any atom is 0.0991 e. The number of quaternary nitrogens is 1. The number of nitrogens with two attached hydrogens (primary N) is 1. The lowest BCUT2D eigenvalue weighted by molar-refractivity contribution is -0.535. The Balaban J connectivity index is 2.36. The molecule has 1 rings (SSSR count). The van der Waals surface area contributed by atoms with Crippen LogP contribution in [0.25, 0.3) is 0 Å². The van der Waals surface area contributed by atoms with Crippen molar-refractivity contribution in [3.8, 4) is 0 Å². The van der Waals surface area contributed by atoms with Gasteiger partial charge in [0.05, 0.1) is 5.70 Å². The van der Waals surface area contributed by atoms with Crippen LogP contribution < -0.4 is 5.48 Å². The molecular formula is C10H13NOS. The van der Waals surface area contributed by atoms with E-state index in [-0.39, 0.29) is 0 Å². The van der Waals surface area contributed by atoms with E-state index in [1.165, 1.54) is 4.90 Å². The third-order valence-electron chi connectivity index (χ3n) is 1.58. The van der Waals surface area contributed by atoms with Gasteiger partial charge in [-0.25, -0.2) is 0 Å². The fraction of sp³-hybridized carbons (Fsp3) is 0.200. The zero-order chi connectivity index (χ0) is 9.52. The van der Waals surface area contributed by atoms with Gasteiger partial charge in [0, 0.05) is 17.6 Å². The number of rotatable bonds is 4. The largest absolute Gasteiger partial charge is 0.631 e. The highest BCUT2D eigenvalue weighted by atomic mass is 32.2. The van der Waals surface area contributed by atoms with Crippen LogP contribution in [0.3, 0.4) is 0 Å². The molecule has 70 valence electrons. The quantitative estimate of drug-likeness (QED) is 0.587. The summed E-state index contributed by atoms with van der Waals surface area (Å²) >= 11 is 1.73. The van der Waals surface area contributed by atoms with E-state index in [1.807, 2.05) is 31.2 Å². The summed E-state index contributed by atoms with van der Waals surface area (Å²) in [7, 11) is 0. The van der Waals surface area contributed by atoms with Gasteiger partial charge in [0.2, 0.25) is 0 Å². The van der Waals surface area contributed by atoms with Gasteiger partial charge in [-0.1, -0.05) is 18.2 Å². The Morgan fingerprint density at radius 2 is 2.15 bits per heavy atom. The van der Waals surface area contributed by atoms with E-state index in [0.29, 0.717) is 0 Å². The molecule has 13 heavy (non-hydrogen) atoms. The summed E-state index contributed by atoms with van der Waals surface area (Å²) in [6, 6.07) is 10.2. The van der Waals surface area contributed by atoms with Crippen molar-refractivity contribution in [2.75, 3.05) is 5.75 Å². The molecule has 0 fully saturated rings. The Morgan fingerprint density at radius 3 is 2.77 bits per heavy atom. The predicted molar refractivity (Wildman–Crippen MR) is 56.2 cm³/mol. The first-order valence-electron chi connectivity index (χ1n) is 4.12. The molecule has 3 heteroatoms. The van der Waals surface area contributed by atoms with E-state index in [1.54, 1.807) is 11.8 Å². The maximum atomic E-state index is 10.3. The molecule has 0 saturated heterocycles. The fourth-order valence-electron chi connectivity index (χ4n) is 0.834. The molecule has 0 saturated carbocycles. The van der Waals surface area contributed by atoms with Gasteiger partial charge in [0.1, 0.15) is 0 Å². The maximum absolute atomic E-state index is 10.3. The van der Waals surface area contributed by atoms with Gasteiger partial charge in [-0.05, 0) is 18.2 Å². The first kappa shape index (κ1) is 10.3. The van der Waals surface area contributed by atoms with Crippen molar-refractivity contribution >= 4 is 11.8 Å². The highest BCUT2D eigenvalue weighted by Crippen LogP contribution is 2.16. The lowest BCUT2D eigenvalue weighted by Crippen LogP contribution is -2.74. The third-order valence-corrected chi connectivity index (χ3v) is 2.52. The number of thioether (sulfide) groups is 1. The minimum absolute atomic E-state index is 0.795. The van der Waals surface area contributed by atoms with Crippen molar-refractivity contribution in [2.45, 2.75) is 11.8 Å². The number of hydrogen-bond donors (Lipinski definition) is 1. The number of benzene rings is 1. The molecule has 0 aliphatic rings. The highest BCUT2D eigenvalue weighted by Gasteiger charge is 1.90. The van der Waals surface area contributed by atoms with Crippen molar-refractivity contribution in [3.63, 3.8) is 0 Å². The van der Waals surface area contributed by atoms with Crippen LogP contribution in [0.2, 0.25) is 0 Å². The second-order valence-corrected chi connectivity index (χ2v) is 3.78. The third kappa shape index (κ3) is 4.12. The van der Waals surface area contributed by atoms with Crippen LogP contribution in [0.1, 0.15) is 6.92 Å². The van der Waals surface area contributed by atoms with Crippen LogP contribution in [0.4, 0.5) is 0 Å². The fourth-order valence-corrected chi connectivity index (χ4v) is 1.72. The Kier molecular flexibility index (Phi) is 4.60. The minimum atomic E-state index is 0.795. The zero-order valence-electron chi connectivity index (χ0n) is 7.57. The van der Waals surface area contributed by atoms with Crippen LogP contribution in [0.15, 0.2) is 47.0 Å². The summed E-state index contributed by atoms with van der Waals surface area (Å²) in [4.78, 5) is 1.23. The van der Waals surface area contributed by atoms with Gasteiger partial charge >= 0.3 is 0 Å². The summed E-state index contributed by atoms with van der Waals surface area (Å²) in [5.41, 5.74) is 1.68. The Labute approximate surface area is 82.6 Å².